The zero-order valence-corrected chi connectivity index (χ0v) is 43.7. The van der Waals surface area contributed by atoms with Crippen molar-refractivity contribution in [1.29, 1.82) is 0 Å². The fourth-order valence-corrected chi connectivity index (χ4v) is 10.1. The first kappa shape index (κ1) is 52.8. The Balaban J connectivity index is 0.690. The lowest BCUT2D eigenvalue weighted by atomic mass is 9.85. The molecule has 396 valence electrons. The van der Waals surface area contributed by atoms with Crippen LogP contribution < -0.4 is 35.5 Å². The third-order valence-electron chi connectivity index (χ3n) is 13.3. The summed E-state index contributed by atoms with van der Waals surface area (Å²) in [5.41, 5.74) is 8.90. The van der Waals surface area contributed by atoms with Crippen LogP contribution in [0.2, 0.25) is 0 Å². The average Bonchev–Trinajstić information content (AvgIpc) is 4.26. The Labute approximate surface area is 442 Å². The number of pyridine rings is 1. The molecule has 0 aliphatic carbocycles. The van der Waals surface area contributed by atoms with E-state index in [1.54, 1.807) is 64.1 Å². The molecule has 1 fully saturated rings. The molecular weight excluding hydrogens is 994 g/mol. The molecular formula is C55H60FN11O8S. The Morgan fingerprint density at radius 3 is 2.42 bits per heavy atom. The minimum atomic E-state index is -1.01. The second-order valence-corrected chi connectivity index (χ2v) is 20.7. The molecule has 0 bridgehead atoms. The zero-order chi connectivity index (χ0) is 53.5. The molecule has 1 saturated heterocycles. The van der Waals surface area contributed by atoms with Crippen molar-refractivity contribution < 1.29 is 42.9 Å². The van der Waals surface area contributed by atoms with Crippen molar-refractivity contribution in [3.8, 4) is 38.8 Å². The highest BCUT2D eigenvalue weighted by Crippen LogP contribution is 2.33. The second kappa shape index (κ2) is 23.2. The number of likely N-dealkylation sites (tertiary alicyclic amines) is 1. The van der Waals surface area contributed by atoms with Gasteiger partial charge in [0, 0.05) is 78.7 Å². The summed E-state index contributed by atoms with van der Waals surface area (Å²) >= 11 is 1.56. The number of nitrogens with zero attached hydrogens (tertiary/aromatic N) is 7. The summed E-state index contributed by atoms with van der Waals surface area (Å²) in [6.07, 6.45) is 3.70. The number of nitrogens with one attached hydrogen (secondary N) is 4. The summed E-state index contributed by atoms with van der Waals surface area (Å²) in [4.78, 5) is 69.7. The molecule has 3 unspecified atom stereocenters. The van der Waals surface area contributed by atoms with Crippen molar-refractivity contribution in [3.63, 3.8) is 0 Å². The van der Waals surface area contributed by atoms with Crippen LogP contribution in [-0.4, -0.2) is 114 Å². The van der Waals surface area contributed by atoms with Crippen molar-refractivity contribution in [2.45, 2.75) is 91.6 Å². The number of β-amino-alcohol motifs (C(OH)–C–C–N with tert-alkyl or cyclic N) is 1. The van der Waals surface area contributed by atoms with Gasteiger partial charge in [-0.3, -0.25) is 28.6 Å². The van der Waals surface area contributed by atoms with E-state index in [2.05, 4.69) is 41.4 Å². The smallest absolute Gasteiger partial charge is 0.258 e. The number of anilines is 1. The molecule has 19 nitrogen and oxygen atoms in total. The molecule has 76 heavy (non-hydrogen) atoms. The van der Waals surface area contributed by atoms with Gasteiger partial charge in [0.1, 0.15) is 48.1 Å². The van der Waals surface area contributed by atoms with Gasteiger partial charge in [0.2, 0.25) is 23.7 Å². The third-order valence-corrected chi connectivity index (χ3v) is 14.3. The van der Waals surface area contributed by atoms with Crippen LogP contribution in [0.4, 0.5) is 10.3 Å². The molecule has 0 saturated carbocycles. The Kier molecular flexibility index (Phi) is 16.1. The van der Waals surface area contributed by atoms with E-state index in [4.69, 9.17) is 19.2 Å². The first-order valence-electron chi connectivity index (χ1n) is 25.1. The van der Waals surface area contributed by atoms with Crippen LogP contribution in [0, 0.1) is 25.1 Å². The van der Waals surface area contributed by atoms with E-state index in [0.717, 1.165) is 49.8 Å². The van der Waals surface area contributed by atoms with Gasteiger partial charge in [0.25, 0.3) is 5.91 Å². The normalized spacial score (nSPS) is 15.4. The fourth-order valence-electron chi connectivity index (χ4n) is 9.30. The van der Waals surface area contributed by atoms with Crippen molar-refractivity contribution in [2.24, 2.45) is 5.41 Å². The number of carbonyl (C=O) groups excluding carboxylic acids is 4. The molecule has 3 aromatic carbocycles. The van der Waals surface area contributed by atoms with Crippen LogP contribution in [0.1, 0.15) is 67.4 Å². The molecule has 3 atom stereocenters. The molecule has 0 radical (unpaired) electrons. The Morgan fingerprint density at radius 1 is 0.908 bits per heavy atom. The van der Waals surface area contributed by atoms with Gasteiger partial charge >= 0.3 is 0 Å². The van der Waals surface area contributed by atoms with Crippen LogP contribution in [-0.2, 0) is 45.1 Å². The van der Waals surface area contributed by atoms with Crippen LogP contribution in [0.25, 0.3) is 27.2 Å². The van der Waals surface area contributed by atoms with Gasteiger partial charge in [-0.15, -0.1) is 21.5 Å². The van der Waals surface area contributed by atoms with E-state index < -0.39 is 41.3 Å². The highest BCUT2D eigenvalue weighted by molar-refractivity contribution is 7.13. The van der Waals surface area contributed by atoms with Crippen LogP contribution >= 0.6 is 11.3 Å². The number of thiazole rings is 1. The molecule has 5 N–H and O–H groups in total. The number of hydrogen-bond donors (Lipinski definition) is 5. The molecule has 7 aromatic rings. The lowest BCUT2D eigenvalue weighted by molar-refractivity contribution is -0.144. The number of aryl methyl sites for hydroxylation is 3. The van der Waals surface area contributed by atoms with Gasteiger partial charge in [-0.1, -0.05) is 51.1 Å². The number of hydrogen-bond acceptors (Lipinski definition) is 15. The molecule has 6 heterocycles. The summed E-state index contributed by atoms with van der Waals surface area (Å²) in [5, 5.41) is 30.9. The quantitative estimate of drug-likeness (QED) is 0.0557. The Hall–Kier alpha value is -8.04. The van der Waals surface area contributed by atoms with Crippen molar-refractivity contribution in [1.82, 2.24) is 50.4 Å². The monoisotopic (exact) mass is 1050 g/mol. The van der Waals surface area contributed by atoms with Gasteiger partial charge in [-0.2, -0.15) is 0 Å². The number of halogens is 1. The standard InChI is InChI=1S/C55H60FN11O8S/c1-32-40(43-27-60-54(67-30-62-65-51(43)67)59-26-42-41-20-22-74-46(41)18-17-44(42)56)16-10-36(63-32)11-19-47(69)57-21-23-73-38-12-14-39(15-13-38)75-29-48(70)64-50(55(3,4)5)53(72)66-28-37(68)24-45(66)52(71)58-25-34-6-8-35(9-7-34)49-33(2)61-31-76-49/h6-10,12-18,27,30-31,37,45,50,68H,11,19-26,28-29H2,1-5H3,(H,57,69)(H,58,71)(H,59,60)(H,64,70). The Bertz CT molecular complexity index is 3230. The zero-order valence-electron chi connectivity index (χ0n) is 42.9. The fraction of sp³-hybridized carbons (Fsp3) is 0.364. The van der Waals surface area contributed by atoms with Crippen molar-refractivity contribution in [3.05, 3.63) is 130 Å². The largest absolute Gasteiger partial charge is 0.493 e. The van der Waals surface area contributed by atoms with Crippen LogP contribution in [0.15, 0.2) is 90.8 Å². The SMILES string of the molecule is Cc1nc(CCC(=O)NCCOc2ccc(OCC(=O)NC(C(=O)N3CC(O)CC3C(=O)NCc3ccc(-c4scnc4C)cc3)C(C)(C)C)cc2)ccc1-c1cnc(NCc2c(F)ccc3c2CCO3)n2cnnc12. The lowest BCUT2D eigenvalue weighted by Crippen LogP contribution is -2.58. The number of aliphatic hydroxyl groups is 1. The van der Waals surface area contributed by atoms with Gasteiger partial charge in [-0.05, 0) is 79.3 Å². The van der Waals surface area contributed by atoms with Crippen LogP contribution in [0.3, 0.4) is 0 Å². The molecule has 2 aliphatic rings. The minimum absolute atomic E-state index is 0.0425. The molecule has 0 spiro atoms. The summed E-state index contributed by atoms with van der Waals surface area (Å²) in [6.45, 7) is 10.3. The van der Waals surface area contributed by atoms with E-state index in [1.165, 1.54) is 11.0 Å². The van der Waals surface area contributed by atoms with Crippen LogP contribution in [0.5, 0.6) is 17.2 Å². The third kappa shape index (κ3) is 12.4. The molecule has 21 heteroatoms. The van der Waals surface area contributed by atoms with E-state index in [0.29, 0.717) is 53.9 Å². The Morgan fingerprint density at radius 2 is 1.68 bits per heavy atom. The molecule has 4 aromatic heterocycles. The van der Waals surface area contributed by atoms with E-state index in [9.17, 15) is 28.7 Å². The first-order chi connectivity index (χ1) is 36.6. The van der Waals surface area contributed by atoms with E-state index >= 15 is 0 Å². The first-order valence-corrected chi connectivity index (χ1v) is 26.0. The molecule has 4 amide bonds. The average molecular weight is 1050 g/mol. The predicted octanol–water partition coefficient (Wildman–Crippen LogP) is 5.93. The molecule has 2 aliphatic heterocycles. The highest BCUT2D eigenvalue weighted by Gasteiger charge is 2.44. The van der Waals surface area contributed by atoms with Gasteiger partial charge in [0.05, 0.1) is 35.3 Å². The van der Waals surface area contributed by atoms with Crippen molar-refractivity contribution in [2.75, 3.05) is 38.2 Å². The van der Waals surface area contributed by atoms with Gasteiger partial charge in [-0.25, -0.2) is 14.4 Å². The minimum Gasteiger partial charge on any atom is -0.493 e. The number of amides is 4. The number of benzene rings is 3. The highest BCUT2D eigenvalue weighted by atomic mass is 32.1. The van der Waals surface area contributed by atoms with Gasteiger partial charge < -0.3 is 45.5 Å². The second-order valence-electron chi connectivity index (χ2n) is 19.8. The topological polar surface area (TPSA) is 236 Å². The summed E-state index contributed by atoms with van der Waals surface area (Å²) in [6, 6.07) is 19.4. The maximum Gasteiger partial charge on any atom is 0.258 e. The summed E-state index contributed by atoms with van der Waals surface area (Å²) in [7, 11) is 0. The number of aromatic nitrogens is 6. The number of ether oxygens (including phenoxy) is 3. The summed E-state index contributed by atoms with van der Waals surface area (Å²) in [5.74, 6) is 0.219. The van der Waals surface area contributed by atoms with Crippen molar-refractivity contribution >= 4 is 46.6 Å². The lowest BCUT2D eigenvalue weighted by Gasteiger charge is -2.35. The maximum absolute atomic E-state index is 14.8. The van der Waals surface area contributed by atoms with E-state index in [-0.39, 0.29) is 64.0 Å². The van der Waals surface area contributed by atoms with Gasteiger partial charge in [0.15, 0.2) is 12.3 Å². The molecule has 9 rings (SSSR count). The number of aliphatic hydroxyl groups excluding tert-OH is 1. The number of fused-ring (bicyclic) bond motifs is 2. The summed E-state index contributed by atoms with van der Waals surface area (Å²) < 4.78 is 33.7. The maximum atomic E-state index is 14.8. The number of rotatable bonds is 20. The predicted molar refractivity (Wildman–Crippen MR) is 282 cm³/mol. The van der Waals surface area contributed by atoms with E-state index in [1.807, 2.05) is 71.0 Å². The number of carbonyl (C=O) groups is 4.